The van der Waals surface area contributed by atoms with Gasteiger partial charge in [0.1, 0.15) is 17.3 Å². The summed E-state index contributed by atoms with van der Waals surface area (Å²) < 4.78 is 18.8. The summed E-state index contributed by atoms with van der Waals surface area (Å²) in [7, 11) is 0. The minimum Gasteiger partial charge on any atom is -0.484 e. The Balaban J connectivity index is 2.00. The Hall–Kier alpha value is -3.29. The average molecular weight is 332 g/mol. The van der Waals surface area contributed by atoms with Crippen LogP contribution in [0.2, 0.25) is 0 Å². The molecule has 2 rings (SSSR count). The van der Waals surface area contributed by atoms with Crippen molar-refractivity contribution < 1.29 is 23.6 Å². The lowest BCUT2D eigenvalue weighted by Gasteiger charge is -2.08. The van der Waals surface area contributed by atoms with E-state index in [9.17, 15) is 24.1 Å². The number of amides is 1. The summed E-state index contributed by atoms with van der Waals surface area (Å²) in [6, 6.07) is 9.27. The first kappa shape index (κ1) is 17.1. The van der Waals surface area contributed by atoms with Gasteiger partial charge >= 0.3 is 0 Å². The number of ketones is 1. The summed E-state index contributed by atoms with van der Waals surface area (Å²) >= 11 is 0. The van der Waals surface area contributed by atoms with E-state index >= 15 is 0 Å². The summed E-state index contributed by atoms with van der Waals surface area (Å²) in [5.74, 6) is -1.75. The van der Waals surface area contributed by atoms with Crippen LogP contribution in [0.3, 0.4) is 0 Å². The number of para-hydroxylation sites is 2. The fourth-order valence-corrected chi connectivity index (χ4v) is 1.94. The number of Topliss-reactive ketones (excluding diaryl/α,β-unsaturated/α-hetero) is 1. The first-order valence-corrected chi connectivity index (χ1v) is 6.85. The molecule has 0 heterocycles. The summed E-state index contributed by atoms with van der Waals surface area (Å²) in [6.45, 7) is 0.768. The molecule has 8 heteroatoms. The molecule has 0 spiro atoms. The Morgan fingerprint density at radius 1 is 1.25 bits per heavy atom. The lowest BCUT2D eigenvalue weighted by atomic mass is 10.1. The Labute approximate surface area is 136 Å². The summed E-state index contributed by atoms with van der Waals surface area (Å²) in [4.78, 5) is 33.2. The second kappa shape index (κ2) is 7.32. The molecular formula is C16H13FN2O5. The number of hydrogen-bond acceptors (Lipinski definition) is 5. The number of halogens is 1. The number of carbonyl (C=O) groups is 2. The molecular weight excluding hydrogens is 319 g/mol. The molecule has 1 N–H and O–H groups in total. The van der Waals surface area contributed by atoms with Gasteiger partial charge in [-0.3, -0.25) is 19.7 Å². The number of benzene rings is 2. The standard InChI is InChI=1S/C16H13FN2O5/c1-10(20)12-7-6-11(8-13(12)17)24-9-16(21)18-14-4-2-3-5-15(14)19(22)23/h2-8H,9H2,1H3,(H,18,21). The average Bonchev–Trinajstić information content (AvgIpc) is 2.53. The largest absolute Gasteiger partial charge is 0.484 e. The smallest absolute Gasteiger partial charge is 0.292 e. The quantitative estimate of drug-likeness (QED) is 0.498. The molecule has 124 valence electrons. The molecule has 0 aliphatic heterocycles. The Kier molecular flexibility index (Phi) is 5.20. The van der Waals surface area contributed by atoms with E-state index in [4.69, 9.17) is 4.74 Å². The van der Waals surface area contributed by atoms with Crippen LogP contribution in [0, 0.1) is 15.9 Å². The van der Waals surface area contributed by atoms with Crippen molar-refractivity contribution in [3.63, 3.8) is 0 Å². The van der Waals surface area contributed by atoms with Crippen LogP contribution in [-0.4, -0.2) is 23.2 Å². The molecule has 24 heavy (non-hydrogen) atoms. The predicted octanol–water partition coefficient (Wildman–Crippen LogP) is 2.95. The highest BCUT2D eigenvalue weighted by atomic mass is 19.1. The van der Waals surface area contributed by atoms with Gasteiger partial charge in [-0.1, -0.05) is 12.1 Å². The number of carbonyl (C=O) groups excluding carboxylic acids is 2. The highest BCUT2D eigenvalue weighted by molar-refractivity contribution is 5.95. The third-order valence-corrected chi connectivity index (χ3v) is 3.06. The van der Waals surface area contributed by atoms with Crippen molar-refractivity contribution >= 4 is 23.1 Å². The maximum absolute atomic E-state index is 13.6. The topological polar surface area (TPSA) is 98.5 Å². The van der Waals surface area contributed by atoms with Crippen molar-refractivity contribution in [3.8, 4) is 5.75 Å². The van der Waals surface area contributed by atoms with E-state index in [0.717, 1.165) is 6.07 Å². The van der Waals surface area contributed by atoms with Gasteiger partial charge < -0.3 is 10.1 Å². The van der Waals surface area contributed by atoms with E-state index in [0.29, 0.717) is 0 Å². The maximum Gasteiger partial charge on any atom is 0.292 e. The molecule has 0 bridgehead atoms. The maximum atomic E-state index is 13.6. The van der Waals surface area contributed by atoms with Crippen LogP contribution in [0.5, 0.6) is 5.75 Å². The van der Waals surface area contributed by atoms with Crippen LogP contribution in [0.15, 0.2) is 42.5 Å². The molecule has 1 amide bonds. The van der Waals surface area contributed by atoms with Crippen LogP contribution in [0.1, 0.15) is 17.3 Å². The zero-order chi connectivity index (χ0) is 17.7. The summed E-state index contributed by atoms with van der Waals surface area (Å²) in [5.41, 5.74) is -0.288. The molecule has 2 aromatic carbocycles. The molecule has 2 aromatic rings. The molecule has 0 unspecified atom stereocenters. The third kappa shape index (κ3) is 4.13. The lowest BCUT2D eigenvalue weighted by molar-refractivity contribution is -0.383. The Morgan fingerprint density at radius 2 is 1.96 bits per heavy atom. The van der Waals surface area contributed by atoms with Gasteiger partial charge in [0.15, 0.2) is 12.4 Å². The number of ether oxygens (including phenoxy) is 1. The predicted molar refractivity (Wildman–Crippen MR) is 83.6 cm³/mol. The van der Waals surface area contributed by atoms with Crippen LogP contribution in [0.25, 0.3) is 0 Å². The lowest BCUT2D eigenvalue weighted by Crippen LogP contribution is -2.20. The zero-order valence-corrected chi connectivity index (χ0v) is 12.6. The minimum atomic E-state index is -0.751. The van der Waals surface area contributed by atoms with Gasteiger partial charge in [-0.05, 0) is 25.1 Å². The monoisotopic (exact) mass is 332 g/mol. The van der Waals surface area contributed by atoms with Gasteiger partial charge in [0, 0.05) is 12.1 Å². The normalized spacial score (nSPS) is 10.1. The zero-order valence-electron chi connectivity index (χ0n) is 12.6. The molecule has 0 aliphatic carbocycles. The second-order valence-corrected chi connectivity index (χ2v) is 4.81. The van der Waals surface area contributed by atoms with Crippen LogP contribution in [-0.2, 0) is 4.79 Å². The Morgan fingerprint density at radius 3 is 2.58 bits per heavy atom. The number of nitro benzene ring substituents is 1. The summed E-state index contributed by atoms with van der Waals surface area (Å²) in [6.07, 6.45) is 0. The summed E-state index contributed by atoms with van der Waals surface area (Å²) in [5, 5.41) is 13.2. The number of nitro groups is 1. The van der Waals surface area contributed by atoms with Gasteiger partial charge in [-0.15, -0.1) is 0 Å². The van der Waals surface area contributed by atoms with E-state index < -0.39 is 29.0 Å². The molecule has 0 saturated heterocycles. The van der Waals surface area contributed by atoms with E-state index in [1.807, 2.05) is 0 Å². The number of nitrogens with one attached hydrogen (secondary N) is 1. The van der Waals surface area contributed by atoms with Crippen molar-refractivity contribution in [2.24, 2.45) is 0 Å². The van der Waals surface area contributed by atoms with E-state index in [1.165, 1.54) is 37.3 Å². The fourth-order valence-electron chi connectivity index (χ4n) is 1.94. The number of nitrogens with zero attached hydrogens (tertiary/aromatic N) is 1. The van der Waals surface area contributed by atoms with Crippen molar-refractivity contribution in [2.45, 2.75) is 6.92 Å². The molecule has 0 fully saturated rings. The highest BCUT2D eigenvalue weighted by Gasteiger charge is 2.15. The van der Waals surface area contributed by atoms with Gasteiger partial charge in [-0.25, -0.2) is 4.39 Å². The first-order valence-electron chi connectivity index (χ1n) is 6.85. The van der Waals surface area contributed by atoms with Crippen LogP contribution in [0.4, 0.5) is 15.8 Å². The van der Waals surface area contributed by atoms with E-state index in [-0.39, 0.29) is 22.7 Å². The van der Waals surface area contributed by atoms with Crippen molar-refractivity contribution in [3.05, 3.63) is 64.0 Å². The fraction of sp³-hybridized carbons (Fsp3) is 0.125. The molecule has 0 radical (unpaired) electrons. The van der Waals surface area contributed by atoms with E-state index in [1.54, 1.807) is 6.07 Å². The molecule has 0 aliphatic rings. The van der Waals surface area contributed by atoms with Crippen molar-refractivity contribution in [1.82, 2.24) is 0 Å². The second-order valence-electron chi connectivity index (χ2n) is 4.81. The van der Waals surface area contributed by atoms with E-state index in [2.05, 4.69) is 5.32 Å². The van der Waals surface area contributed by atoms with Crippen molar-refractivity contribution in [2.75, 3.05) is 11.9 Å². The number of anilines is 1. The van der Waals surface area contributed by atoms with Gasteiger partial charge in [0.05, 0.1) is 10.5 Å². The van der Waals surface area contributed by atoms with Gasteiger partial charge in [-0.2, -0.15) is 0 Å². The highest BCUT2D eigenvalue weighted by Crippen LogP contribution is 2.23. The van der Waals surface area contributed by atoms with Crippen molar-refractivity contribution in [1.29, 1.82) is 0 Å². The van der Waals surface area contributed by atoms with Crippen LogP contribution >= 0.6 is 0 Å². The first-order chi connectivity index (χ1) is 11.4. The molecule has 0 saturated carbocycles. The number of rotatable bonds is 6. The molecule has 7 nitrogen and oxygen atoms in total. The van der Waals surface area contributed by atoms with Gasteiger partial charge in [0.25, 0.3) is 11.6 Å². The van der Waals surface area contributed by atoms with Gasteiger partial charge in [0.2, 0.25) is 0 Å². The molecule has 0 aromatic heterocycles. The van der Waals surface area contributed by atoms with Crippen LogP contribution < -0.4 is 10.1 Å². The minimum absolute atomic E-state index is 0.0363. The number of hydrogen-bond donors (Lipinski definition) is 1. The SMILES string of the molecule is CC(=O)c1ccc(OCC(=O)Nc2ccccc2[N+](=O)[O-])cc1F. The third-order valence-electron chi connectivity index (χ3n) is 3.06. The molecule has 0 atom stereocenters. The Bertz CT molecular complexity index is 807.